The maximum absolute atomic E-state index is 11.5. The number of hydrogen-bond acceptors (Lipinski definition) is 4. The molecule has 1 aliphatic heterocycles. The lowest BCUT2D eigenvalue weighted by Gasteiger charge is -2.35. The van der Waals surface area contributed by atoms with E-state index in [0.29, 0.717) is 12.2 Å². The van der Waals surface area contributed by atoms with Gasteiger partial charge < -0.3 is 10.4 Å². The zero-order valence-electron chi connectivity index (χ0n) is 17.4. The number of benzene rings is 2. The minimum absolute atomic E-state index is 0.172. The summed E-state index contributed by atoms with van der Waals surface area (Å²) in [5, 5.41) is 12.7. The number of anilines is 1. The molecule has 3 aromatic rings. The van der Waals surface area contributed by atoms with Gasteiger partial charge in [0.05, 0.1) is 23.5 Å². The molecule has 2 heterocycles. The van der Waals surface area contributed by atoms with Crippen LogP contribution in [0.25, 0.3) is 11.1 Å². The van der Waals surface area contributed by atoms with E-state index >= 15 is 0 Å². The van der Waals surface area contributed by atoms with Crippen LogP contribution in [0.2, 0.25) is 0 Å². The number of carboxylic acid groups (broad SMARTS) is 1. The molecule has 0 aliphatic carbocycles. The fourth-order valence-corrected chi connectivity index (χ4v) is 4.31. The van der Waals surface area contributed by atoms with Crippen molar-refractivity contribution in [1.82, 2.24) is 9.88 Å². The highest BCUT2D eigenvalue weighted by atomic mass is 16.4. The van der Waals surface area contributed by atoms with Crippen LogP contribution in [-0.4, -0.2) is 41.1 Å². The molecule has 0 bridgehead atoms. The number of fused-ring (bicyclic) bond motifs is 1. The van der Waals surface area contributed by atoms with Gasteiger partial charge in [-0.3, -0.25) is 9.88 Å². The van der Waals surface area contributed by atoms with Crippen LogP contribution in [0.3, 0.4) is 0 Å². The van der Waals surface area contributed by atoms with E-state index in [0.717, 1.165) is 19.4 Å². The van der Waals surface area contributed by atoms with Crippen LogP contribution in [0.5, 0.6) is 0 Å². The van der Waals surface area contributed by atoms with Crippen LogP contribution in [0.15, 0.2) is 60.9 Å². The summed E-state index contributed by atoms with van der Waals surface area (Å²) in [7, 11) is 2.12. The van der Waals surface area contributed by atoms with Crippen molar-refractivity contribution in [3.05, 3.63) is 83.2 Å². The van der Waals surface area contributed by atoms with Gasteiger partial charge in [0.2, 0.25) is 0 Å². The van der Waals surface area contributed by atoms with Crippen LogP contribution >= 0.6 is 0 Å². The Balaban J connectivity index is 1.61. The van der Waals surface area contributed by atoms with Gasteiger partial charge in [-0.15, -0.1) is 0 Å². The maximum atomic E-state index is 11.5. The molecule has 0 saturated heterocycles. The molecule has 4 rings (SSSR count). The van der Waals surface area contributed by atoms with Crippen LogP contribution in [0, 0.1) is 0 Å². The third kappa shape index (κ3) is 3.94. The molecule has 1 aliphatic rings. The topological polar surface area (TPSA) is 65.5 Å². The molecule has 1 atom stereocenters. The van der Waals surface area contributed by atoms with Crippen molar-refractivity contribution >= 4 is 11.7 Å². The Hall–Kier alpha value is -3.18. The summed E-state index contributed by atoms with van der Waals surface area (Å²) in [6.45, 7) is 3.79. The van der Waals surface area contributed by atoms with E-state index in [1.54, 1.807) is 6.20 Å². The van der Waals surface area contributed by atoms with Gasteiger partial charge in [-0.2, -0.15) is 0 Å². The maximum Gasteiger partial charge on any atom is 0.337 e. The summed E-state index contributed by atoms with van der Waals surface area (Å²) in [4.78, 5) is 17.9. The molecule has 154 valence electrons. The van der Waals surface area contributed by atoms with Crippen molar-refractivity contribution in [1.29, 1.82) is 0 Å². The molecule has 2 N–H and O–H groups in total. The van der Waals surface area contributed by atoms with Crippen LogP contribution in [0.1, 0.15) is 40.0 Å². The molecule has 0 saturated carbocycles. The Morgan fingerprint density at radius 1 is 1.23 bits per heavy atom. The first-order valence-electron chi connectivity index (χ1n) is 10.4. The number of nitrogens with zero attached hydrogens (tertiary/aromatic N) is 2. The Morgan fingerprint density at radius 2 is 2.07 bits per heavy atom. The lowest BCUT2D eigenvalue weighted by atomic mass is 9.88. The summed E-state index contributed by atoms with van der Waals surface area (Å²) >= 11 is 0. The number of carbonyl (C=O) groups is 1. The average Bonchev–Trinajstić information content (AvgIpc) is 2.78. The van der Waals surface area contributed by atoms with Gasteiger partial charge >= 0.3 is 5.97 Å². The number of rotatable bonds is 6. The second-order valence-electron chi connectivity index (χ2n) is 7.78. The molecular weight excluding hydrogens is 374 g/mol. The molecule has 30 heavy (non-hydrogen) atoms. The molecule has 1 aromatic heterocycles. The van der Waals surface area contributed by atoms with Crippen LogP contribution in [-0.2, 0) is 12.8 Å². The third-order valence-corrected chi connectivity index (χ3v) is 6.01. The zero-order valence-corrected chi connectivity index (χ0v) is 17.4. The van der Waals surface area contributed by atoms with Crippen molar-refractivity contribution in [2.45, 2.75) is 25.8 Å². The number of aromatic carboxylic acids is 1. The van der Waals surface area contributed by atoms with Gasteiger partial charge in [-0.05, 0) is 53.8 Å². The second-order valence-corrected chi connectivity index (χ2v) is 7.78. The van der Waals surface area contributed by atoms with E-state index in [2.05, 4.69) is 71.6 Å². The van der Waals surface area contributed by atoms with Gasteiger partial charge in [-0.1, -0.05) is 49.4 Å². The molecule has 0 fully saturated rings. The van der Waals surface area contributed by atoms with Crippen LogP contribution in [0.4, 0.5) is 5.69 Å². The van der Waals surface area contributed by atoms with Crippen molar-refractivity contribution in [3.8, 4) is 11.1 Å². The number of aryl methyl sites for hydroxylation is 1. The fourth-order valence-electron chi connectivity index (χ4n) is 4.31. The molecular formula is C25H27N3O2. The zero-order chi connectivity index (χ0) is 21.1. The molecule has 0 radical (unpaired) electrons. The van der Waals surface area contributed by atoms with Gasteiger partial charge in [0.15, 0.2) is 0 Å². The van der Waals surface area contributed by atoms with Crippen molar-refractivity contribution < 1.29 is 9.90 Å². The Kier molecular flexibility index (Phi) is 5.81. The number of pyridine rings is 1. The predicted octanol–water partition coefficient (Wildman–Crippen LogP) is 4.65. The number of likely N-dealkylation sites (N-methyl/N-ethyl adjacent to an activating group) is 1. The molecule has 5 nitrogen and oxygen atoms in total. The summed E-state index contributed by atoms with van der Waals surface area (Å²) in [5.41, 5.74) is 7.40. The molecule has 0 amide bonds. The van der Waals surface area contributed by atoms with E-state index in [1.807, 2.05) is 0 Å². The summed E-state index contributed by atoms with van der Waals surface area (Å²) < 4.78 is 0. The first-order valence-corrected chi connectivity index (χ1v) is 10.4. The Labute approximate surface area is 177 Å². The lowest BCUT2D eigenvalue weighted by molar-refractivity contribution is 0.0697. The van der Waals surface area contributed by atoms with Gasteiger partial charge in [-0.25, -0.2) is 4.79 Å². The standard InChI is InChI=1S/C25H27N3O2/c1-3-17-6-4-5-7-20(17)18-8-9-21-19(14-18)11-13-28(2)24(21)16-27-23-15-26-12-10-22(23)25(29)30/h4-10,12,14-15,24,27H,3,11,13,16H2,1-2H3,(H,29,30)/t24-/m1/s1. The van der Waals surface area contributed by atoms with Crippen LogP contribution < -0.4 is 5.32 Å². The number of carboxylic acids is 1. The highest BCUT2D eigenvalue weighted by Gasteiger charge is 2.25. The predicted molar refractivity (Wildman–Crippen MR) is 120 cm³/mol. The minimum atomic E-state index is -0.948. The molecule has 0 unspecified atom stereocenters. The molecule has 2 aromatic carbocycles. The lowest BCUT2D eigenvalue weighted by Crippen LogP contribution is -2.36. The third-order valence-electron chi connectivity index (χ3n) is 6.01. The first kappa shape index (κ1) is 20.1. The highest BCUT2D eigenvalue weighted by molar-refractivity contribution is 5.93. The normalized spacial score (nSPS) is 16.1. The fraction of sp³-hybridized carbons (Fsp3) is 0.280. The average molecular weight is 402 g/mol. The largest absolute Gasteiger partial charge is 0.478 e. The smallest absolute Gasteiger partial charge is 0.337 e. The first-order chi connectivity index (χ1) is 14.6. The van der Waals surface area contributed by atoms with Gasteiger partial charge in [0.25, 0.3) is 0 Å². The number of nitrogens with one attached hydrogen (secondary N) is 1. The number of aromatic nitrogens is 1. The van der Waals surface area contributed by atoms with Gasteiger partial charge in [0, 0.05) is 19.3 Å². The summed E-state index contributed by atoms with van der Waals surface area (Å²) in [6, 6.07) is 17.1. The highest BCUT2D eigenvalue weighted by Crippen LogP contribution is 2.33. The minimum Gasteiger partial charge on any atom is -0.478 e. The number of hydrogen-bond donors (Lipinski definition) is 2. The van der Waals surface area contributed by atoms with Crippen molar-refractivity contribution in [2.75, 3.05) is 25.5 Å². The summed E-state index contributed by atoms with van der Waals surface area (Å²) in [6.07, 6.45) is 5.11. The van der Waals surface area contributed by atoms with E-state index in [4.69, 9.17) is 0 Å². The SMILES string of the molecule is CCc1ccccc1-c1ccc2c(c1)CCN(C)[C@@H]2CNc1cnccc1C(=O)O. The molecule has 5 heteroatoms. The molecule has 0 spiro atoms. The van der Waals surface area contributed by atoms with E-state index in [9.17, 15) is 9.90 Å². The van der Waals surface area contributed by atoms with Crippen molar-refractivity contribution in [2.24, 2.45) is 0 Å². The monoisotopic (exact) mass is 401 g/mol. The summed E-state index contributed by atoms with van der Waals surface area (Å²) in [5.74, 6) is -0.948. The quantitative estimate of drug-likeness (QED) is 0.629. The Bertz CT molecular complexity index is 1060. The van der Waals surface area contributed by atoms with Gasteiger partial charge in [0.1, 0.15) is 0 Å². The van der Waals surface area contributed by atoms with Crippen molar-refractivity contribution in [3.63, 3.8) is 0 Å². The van der Waals surface area contributed by atoms with E-state index < -0.39 is 5.97 Å². The second kappa shape index (κ2) is 8.67. The Morgan fingerprint density at radius 3 is 2.87 bits per heavy atom. The van der Waals surface area contributed by atoms with E-state index in [-0.39, 0.29) is 11.6 Å². The van der Waals surface area contributed by atoms with E-state index in [1.165, 1.54) is 40.1 Å².